The second-order valence-electron chi connectivity index (χ2n) is 3.28. The molecule has 1 aromatic heterocycles. The molecule has 14 heavy (non-hydrogen) atoms. The van der Waals surface area contributed by atoms with Gasteiger partial charge in [-0.15, -0.1) is 0 Å². The van der Waals surface area contributed by atoms with Crippen LogP contribution in [0.5, 0.6) is 5.75 Å². The lowest BCUT2D eigenvalue weighted by molar-refractivity contribution is 0.344. The fourth-order valence-corrected chi connectivity index (χ4v) is 1.75. The number of H-pyrrole nitrogens is 1. The number of fused-ring (bicyclic) bond motifs is 1. The molecule has 1 N–H and O–H groups in total. The number of aromatic nitrogens is 1. The van der Waals surface area contributed by atoms with Crippen LogP contribution in [0.3, 0.4) is 0 Å². The van der Waals surface area contributed by atoms with Gasteiger partial charge >= 0.3 is 0 Å². The molecular formula is C12H15NO. The molecule has 1 heterocycles. The summed E-state index contributed by atoms with van der Waals surface area (Å²) in [4.78, 5) is 3.27. The van der Waals surface area contributed by atoms with Gasteiger partial charge in [-0.1, -0.05) is 19.1 Å². The van der Waals surface area contributed by atoms with Gasteiger partial charge in [-0.3, -0.25) is 0 Å². The van der Waals surface area contributed by atoms with Crippen molar-refractivity contribution in [2.24, 2.45) is 0 Å². The number of hydrogen-bond donors (Lipinski definition) is 1. The number of aromatic amines is 1. The molecule has 0 aliphatic rings. The van der Waals surface area contributed by atoms with E-state index >= 15 is 0 Å². The van der Waals surface area contributed by atoms with Crippen LogP contribution < -0.4 is 4.74 Å². The minimum atomic E-state index is 0.708. The summed E-state index contributed by atoms with van der Waals surface area (Å²) in [5.41, 5.74) is 2.47. The highest BCUT2D eigenvalue weighted by molar-refractivity contribution is 5.88. The van der Waals surface area contributed by atoms with Crippen LogP contribution >= 0.6 is 0 Å². The van der Waals surface area contributed by atoms with E-state index in [0.717, 1.165) is 17.7 Å². The van der Waals surface area contributed by atoms with E-state index in [1.807, 2.05) is 19.1 Å². The van der Waals surface area contributed by atoms with Gasteiger partial charge < -0.3 is 9.72 Å². The van der Waals surface area contributed by atoms with Crippen LogP contribution in [0, 0.1) is 0 Å². The Morgan fingerprint density at radius 1 is 1.29 bits per heavy atom. The molecule has 2 rings (SSSR count). The molecule has 0 amide bonds. The molecule has 2 nitrogen and oxygen atoms in total. The molecule has 0 atom stereocenters. The van der Waals surface area contributed by atoms with E-state index in [-0.39, 0.29) is 0 Å². The van der Waals surface area contributed by atoms with Gasteiger partial charge in [-0.25, -0.2) is 0 Å². The van der Waals surface area contributed by atoms with Crippen molar-refractivity contribution in [3.05, 3.63) is 30.0 Å². The number of benzene rings is 1. The maximum Gasteiger partial charge on any atom is 0.143 e. The first-order valence-electron chi connectivity index (χ1n) is 5.08. The molecule has 0 saturated heterocycles. The quantitative estimate of drug-likeness (QED) is 0.788. The maximum atomic E-state index is 5.55. The first-order chi connectivity index (χ1) is 6.86. The predicted molar refractivity (Wildman–Crippen MR) is 58.8 cm³/mol. The third-order valence-corrected chi connectivity index (χ3v) is 2.44. The van der Waals surface area contributed by atoms with E-state index in [1.54, 1.807) is 0 Å². The summed E-state index contributed by atoms with van der Waals surface area (Å²) < 4.78 is 5.55. The van der Waals surface area contributed by atoms with E-state index in [4.69, 9.17) is 4.74 Å². The Bertz CT molecular complexity index is 431. The molecule has 0 fully saturated rings. The van der Waals surface area contributed by atoms with Gasteiger partial charge in [0.15, 0.2) is 0 Å². The lowest BCUT2D eigenvalue weighted by atomic mass is 10.1. The molecule has 0 bridgehead atoms. The van der Waals surface area contributed by atoms with E-state index in [2.05, 4.69) is 24.2 Å². The zero-order chi connectivity index (χ0) is 9.97. The Morgan fingerprint density at radius 2 is 2.14 bits per heavy atom. The van der Waals surface area contributed by atoms with Crippen molar-refractivity contribution in [1.82, 2.24) is 4.98 Å². The summed E-state index contributed by atoms with van der Waals surface area (Å²) in [5, 5.41) is 1.28. The molecule has 0 saturated carbocycles. The fraction of sp³-hybridized carbons (Fsp3) is 0.333. The van der Waals surface area contributed by atoms with Gasteiger partial charge in [0.1, 0.15) is 5.75 Å². The van der Waals surface area contributed by atoms with Crippen molar-refractivity contribution in [2.75, 3.05) is 6.61 Å². The summed E-state index contributed by atoms with van der Waals surface area (Å²) >= 11 is 0. The van der Waals surface area contributed by atoms with Gasteiger partial charge in [-0.2, -0.15) is 0 Å². The lowest BCUT2D eigenvalue weighted by Crippen LogP contribution is -1.91. The topological polar surface area (TPSA) is 25.0 Å². The van der Waals surface area contributed by atoms with Gasteiger partial charge in [-0.05, 0) is 25.0 Å². The molecule has 2 aromatic rings. The van der Waals surface area contributed by atoms with E-state index in [1.165, 1.54) is 10.9 Å². The minimum absolute atomic E-state index is 0.708. The van der Waals surface area contributed by atoms with Crippen LogP contribution in [0.1, 0.15) is 19.4 Å². The Morgan fingerprint density at radius 3 is 2.86 bits per heavy atom. The molecule has 2 heteroatoms. The van der Waals surface area contributed by atoms with Gasteiger partial charge in [0, 0.05) is 11.6 Å². The average Bonchev–Trinajstić information content (AvgIpc) is 2.62. The smallest absolute Gasteiger partial charge is 0.143 e. The van der Waals surface area contributed by atoms with Crippen LogP contribution in [-0.4, -0.2) is 11.6 Å². The number of nitrogens with one attached hydrogen (secondary N) is 1. The van der Waals surface area contributed by atoms with Crippen molar-refractivity contribution in [3.8, 4) is 5.75 Å². The summed E-state index contributed by atoms with van der Waals surface area (Å²) in [5.74, 6) is 0.949. The number of aryl methyl sites for hydroxylation is 1. The van der Waals surface area contributed by atoms with Crippen molar-refractivity contribution in [2.45, 2.75) is 20.3 Å². The van der Waals surface area contributed by atoms with Crippen molar-refractivity contribution in [3.63, 3.8) is 0 Å². The van der Waals surface area contributed by atoms with Crippen molar-refractivity contribution >= 4 is 10.9 Å². The van der Waals surface area contributed by atoms with Gasteiger partial charge in [0.2, 0.25) is 0 Å². The third-order valence-electron chi connectivity index (χ3n) is 2.44. The normalized spacial score (nSPS) is 10.7. The summed E-state index contributed by atoms with van der Waals surface area (Å²) in [6.07, 6.45) is 3.11. The Labute approximate surface area is 83.9 Å². The fourth-order valence-electron chi connectivity index (χ4n) is 1.75. The third kappa shape index (κ3) is 1.37. The Kier molecular flexibility index (Phi) is 2.44. The van der Waals surface area contributed by atoms with Crippen molar-refractivity contribution in [1.29, 1.82) is 0 Å². The molecule has 0 unspecified atom stereocenters. The van der Waals surface area contributed by atoms with Gasteiger partial charge in [0.25, 0.3) is 0 Å². The predicted octanol–water partition coefficient (Wildman–Crippen LogP) is 3.13. The number of para-hydroxylation sites is 1. The molecular weight excluding hydrogens is 174 g/mol. The zero-order valence-corrected chi connectivity index (χ0v) is 8.63. The van der Waals surface area contributed by atoms with Crippen LogP contribution in [-0.2, 0) is 6.42 Å². The molecule has 0 aliphatic heterocycles. The average molecular weight is 189 g/mol. The Hall–Kier alpha value is -1.44. The number of ether oxygens (including phenoxy) is 1. The first-order valence-corrected chi connectivity index (χ1v) is 5.08. The zero-order valence-electron chi connectivity index (χ0n) is 8.63. The maximum absolute atomic E-state index is 5.55. The summed E-state index contributed by atoms with van der Waals surface area (Å²) in [6, 6.07) is 6.18. The van der Waals surface area contributed by atoms with E-state index in [9.17, 15) is 0 Å². The Balaban J connectivity index is 2.58. The van der Waals surface area contributed by atoms with Gasteiger partial charge in [0.05, 0.1) is 12.1 Å². The van der Waals surface area contributed by atoms with Crippen LogP contribution in [0.4, 0.5) is 0 Å². The molecule has 0 spiro atoms. The second-order valence-corrected chi connectivity index (χ2v) is 3.28. The summed E-state index contributed by atoms with van der Waals surface area (Å²) in [7, 11) is 0. The standard InChI is InChI=1S/C12H15NO/c1-3-9-8-13-12-10(9)6-5-7-11(12)14-4-2/h5-8,13H,3-4H2,1-2H3. The van der Waals surface area contributed by atoms with E-state index < -0.39 is 0 Å². The SMILES string of the molecule is CCOc1cccc2c(CC)c[nH]c12. The molecule has 0 radical (unpaired) electrons. The largest absolute Gasteiger partial charge is 0.492 e. The van der Waals surface area contributed by atoms with Crippen LogP contribution in [0.2, 0.25) is 0 Å². The highest BCUT2D eigenvalue weighted by Gasteiger charge is 2.05. The molecule has 1 aromatic carbocycles. The van der Waals surface area contributed by atoms with Crippen LogP contribution in [0.15, 0.2) is 24.4 Å². The molecule has 0 aliphatic carbocycles. The minimum Gasteiger partial charge on any atom is -0.492 e. The summed E-state index contributed by atoms with van der Waals surface area (Å²) in [6.45, 7) is 4.87. The number of rotatable bonds is 3. The monoisotopic (exact) mass is 189 g/mol. The number of hydrogen-bond acceptors (Lipinski definition) is 1. The van der Waals surface area contributed by atoms with Crippen molar-refractivity contribution < 1.29 is 4.74 Å². The highest BCUT2D eigenvalue weighted by Crippen LogP contribution is 2.27. The first kappa shape index (κ1) is 9.13. The second kappa shape index (κ2) is 3.74. The van der Waals surface area contributed by atoms with Crippen LogP contribution in [0.25, 0.3) is 10.9 Å². The van der Waals surface area contributed by atoms with E-state index in [0.29, 0.717) is 6.61 Å². The molecule has 74 valence electrons. The lowest BCUT2D eigenvalue weighted by Gasteiger charge is -2.03. The highest BCUT2D eigenvalue weighted by atomic mass is 16.5.